The highest BCUT2D eigenvalue weighted by molar-refractivity contribution is 6.28. The fourth-order valence-corrected chi connectivity index (χ4v) is 3.65. The maximum atomic E-state index is 12.7. The SMILES string of the molecule is COC1C(/C=C2/CC(=O)N(c3ccccc3)C2=O)OC2OC(C)(C)OC21. The summed E-state index contributed by atoms with van der Waals surface area (Å²) in [4.78, 5) is 26.3. The third kappa shape index (κ3) is 2.87. The Morgan fingerprint density at radius 1 is 1.19 bits per heavy atom. The van der Waals surface area contributed by atoms with Gasteiger partial charge in [0.1, 0.15) is 18.3 Å². The van der Waals surface area contributed by atoms with Crippen LogP contribution in [0, 0.1) is 0 Å². The fourth-order valence-electron chi connectivity index (χ4n) is 3.65. The summed E-state index contributed by atoms with van der Waals surface area (Å²) in [6.07, 6.45) is -0.179. The number of anilines is 1. The number of para-hydroxylation sites is 1. The molecule has 0 saturated carbocycles. The van der Waals surface area contributed by atoms with E-state index in [0.29, 0.717) is 11.3 Å². The topological polar surface area (TPSA) is 74.3 Å². The Balaban J connectivity index is 1.56. The second kappa shape index (κ2) is 6.28. The lowest BCUT2D eigenvalue weighted by molar-refractivity contribution is -0.210. The molecule has 1 aromatic rings. The molecule has 4 unspecified atom stereocenters. The maximum Gasteiger partial charge on any atom is 0.261 e. The number of amides is 2. The number of benzene rings is 1. The highest BCUT2D eigenvalue weighted by Gasteiger charge is 2.55. The normalized spacial score (nSPS) is 34.7. The lowest BCUT2D eigenvalue weighted by atomic mass is 10.1. The van der Waals surface area contributed by atoms with Gasteiger partial charge in [0.05, 0.1) is 12.1 Å². The van der Waals surface area contributed by atoms with Crippen molar-refractivity contribution < 1.29 is 28.5 Å². The number of carbonyl (C=O) groups excluding carboxylic acids is 2. The quantitative estimate of drug-likeness (QED) is 0.605. The highest BCUT2D eigenvalue weighted by atomic mass is 16.8. The van der Waals surface area contributed by atoms with E-state index in [0.717, 1.165) is 0 Å². The summed E-state index contributed by atoms with van der Waals surface area (Å²) in [5.41, 5.74) is 0.956. The van der Waals surface area contributed by atoms with Crippen molar-refractivity contribution in [1.29, 1.82) is 0 Å². The standard InChI is InChI=1S/C19H21NO6/c1-19(2)25-16-15(23-3)13(24-18(16)26-19)9-11-10-14(21)20(17(11)22)12-7-5-4-6-8-12/h4-9,13,15-16,18H,10H2,1-3H3/b11-9-. The molecule has 138 valence electrons. The minimum absolute atomic E-state index is 0.0343. The van der Waals surface area contributed by atoms with E-state index in [1.54, 1.807) is 37.5 Å². The number of rotatable bonds is 3. The van der Waals surface area contributed by atoms with Crippen molar-refractivity contribution in [1.82, 2.24) is 0 Å². The average Bonchev–Trinajstić information content (AvgIpc) is 3.15. The number of hydrogen-bond donors (Lipinski definition) is 0. The van der Waals surface area contributed by atoms with Crippen molar-refractivity contribution in [3.63, 3.8) is 0 Å². The summed E-state index contributed by atoms with van der Waals surface area (Å²) in [5, 5.41) is 0. The van der Waals surface area contributed by atoms with Crippen LogP contribution in [0.4, 0.5) is 5.69 Å². The predicted octanol–water partition coefficient (Wildman–Crippen LogP) is 1.77. The van der Waals surface area contributed by atoms with Crippen LogP contribution in [0.2, 0.25) is 0 Å². The van der Waals surface area contributed by atoms with Crippen molar-refractivity contribution in [2.24, 2.45) is 0 Å². The predicted molar refractivity (Wildman–Crippen MR) is 91.1 cm³/mol. The van der Waals surface area contributed by atoms with E-state index in [4.69, 9.17) is 18.9 Å². The van der Waals surface area contributed by atoms with Crippen LogP contribution >= 0.6 is 0 Å². The molecular formula is C19H21NO6. The summed E-state index contributed by atoms with van der Waals surface area (Å²) in [7, 11) is 1.56. The Kier molecular flexibility index (Phi) is 4.19. The molecule has 3 fully saturated rings. The zero-order valence-corrected chi connectivity index (χ0v) is 14.9. The molecule has 0 aliphatic carbocycles. The second-order valence-corrected chi connectivity index (χ2v) is 7.01. The largest absolute Gasteiger partial charge is 0.375 e. The van der Waals surface area contributed by atoms with E-state index >= 15 is 0 Å². The van der Waals surface area contributed by atoms with Gasteiger partial charge in [0.25, 0.3) is 5.91 Å². The monoisotopic (exact) mass is 359 g/mol. The van der Waals surface area contributed by atoms with Crippen molar-refractivity contribution in [2.75, 3.05) is 12.0 Å². The maximum absolute atomic E-state index is 12.7. The molecule has 0 aromatic heterocycles. The van der Waals surface area contributed by atoms with Gasteiger partial charge in [-0.05, 0) is 32.1 Å². The van der Waals surface area contributed by atoms with Crippen LogP contribution in [0.3, 0.4) is 0 Å². The van der Waals surface area contributed by atoms with Gasteiger partial charge < -0.3 is 18.9 Å². The van der Waals surface area contributed by atoms with Gasteiger partial charge in [0, 0.05) is 12.7 Å². The number of hydrogen-bond acceptors (Lipinski definition) is 6. The van der Waals surface area contributed by atoms with Crippen LogP contribution in [0.1, 0.15) is 20.3 Å². The Hall–Kier alpha value is -2.06. The van der Waals surface area contributed by atoms with Gasteiger partial charge in [-0.15, -0.1) is 0 Å². The van der Waals surface area contributed by atoms with Gasteiger partial charge in [-0.1, -0.05) is 18.2 Å². The van der Waals surface area contributed by atoms with Gasteiger partial charge in [-0.2, -0.15) is 0 Å². The number of carbonyl (C=O) groups is 2. The van der Waals surface area contributed by atoms with Gasteiger partial charge in [-0.25, -0.2) is 4.90 Å². The second-order valence-electron chi connectivity index (χ2n) is 7.01. The first-order chi connectivity index (χ1) is 12.4. The Morgan fingerprint density at radius 3 is 2.62 bits per heavy atom. The molecule has 4 rings (SSSR count). The highest BCUT2D eigenvalue weighted by Crippen LogP contribution is 2.39. The minimum atomic E-state index is -0.743. The molecule has 7 heteroatoms. The van der Waals surface area contributed by atoms with Crippen LogP contribution in [-0.4, -0.2) is 49.3 Å². The minimum Gasteiger partial charge on any atom is -0.375 e. The van der Waals surface area contributed by atoms with Crippen molar-refractivity contribution >= 4 is 17.5 Å². The van der Waals surface area contributed by atoms with Gasteiger partial charge >= 0.3 is 0 Å². The Labute approximate surface area is 151 Å². The lowest BCUT2D eigenvalue weighted by Crippen LogP contribution is -2.35. The molecule has 0 N–H and O–H groups in total. The van der Waals surface area contributed by atoms with Crippen molar-refractivity contribution in [3.05, 3.63) is 42.0 Å². The summed E-state index contributed by atoms with van der Waals surface area (Å²) >= 11 is 0. The third-order valence-corrected chi connectivity index (χ3v) is 4.75. The van der Waals surface area contributed by atoms with Crippen LogP contribution in [-0.2, 0) is 28.5 Å². The smallest absolute Gasteiger partial charge is 0.261 e. The summed E-state index contributed by atoms with van der Waals surface area (Å²) in [6.45, 7) is 3.62. The van der Waals surface area contributed by atoms with E-state index < -0.39 is 24.3 Å². The molecule has 4 atom stereocenters. The molecule has 26 heavy (non-hydrogen) atoms. The number of fused-ring (bicyclic) bond motifs is 1. The molecular weight excluding hydrogens is 338 g/mol. The lowest BCUT2D eigenvalue weighted by Gasteiger charge is -2.23. The number of imide groups is 1. The average molecular weight is 359 g/mol. The molecule has 0 radical (unpaired) electrons. The van der Waals surface area contributed by atoms with Crippen LogP contribution in [0.25, 0.3) is 0 Å². The van der Waals surface area contributed by atoms with Gasteiger partial charge in [0.2, 0.25) is 5.91 Å². The first-order valence-electron chi connectivity index (χ1n) is 8.56. The van der Waals surface area contributed by atoms with Crippen LogP contribution < -0.4 is 4.90 Å². The first-order valence-corrected chi connectivity index (χ1v) is 8.56. The molecule has 7 nitrogen and oxygen atoms in total. The molecule has 3 heterocycles. The summed E-state index contributed by atoms with van der Waals surface area (Å²) in [6, 6.07) is 8.88. The first kappa shape index (κ1) is 17.4. The van der Waals surface area contributed by atoms with E-state index in [2.05, 4.69) is 0 Å². The molecule has 3 saturated heterocycles. The Bertz CT molecular complexity index is 759. The number of methoxy groups -OCH3 is 1. The summed E-state index contributed by atoms with van der Waals surface area (Å²) < 4.78 is 23.0. The van der Waals surface area contributed by atoms with E-state index in [1.807, 2.05) is 19.9 Å². The van der Waals surface area contributed by atoms with Gasteiger partial charge in [-0.3, -0.25) is 9.59 Å². The van der Waals surface area contributed by atoms with Crippen molar-refractivity contribution in [3.8, 4) is 0 Å². The third-order valence-electron chi connectivity index (χ3n) is 4.75. The van der Waals surface area contributed by atoms with Crippen LogP contribution in [0.15, 0.2) is 42.0 Å². The van der Waals surface area contributed by atoms with E-state index in [-0.39, 0.29) is 24.3 Å². The van der Waals surface area contributed by atoms with Crippen LogP contribution in [0.5, 0.6) is 0 Å². The molecule has 0 spiro atoms. The zero-order valence-electron chi connectivity index (χ0n) is 14.9. The molecule has 0 bridgehead atoms. The fraction of sp³-hybridized carbons (Fsp3) is 0.474. The molecule has 3 aliphatic rings. The molecule has 3 aliphatic heterocycles. The molecule has 1 aromatic carbocycles. The molecule has 2 amide bonds. The van der Waals surface area contributed by atoms with E-state index in [1.165, 1.54) is 4.90 Å². The summed E-state index contributed by atoms with van der Waals surface area (Å²) in [5.74, 6) is -1.33. The Morgan fingerprint density at radius 2 is 1.92 bits per heavy atom. The van der Waals surface area contributed by atoms with Gasteiger partial charge in [0.15, 0.2) is 12.1 Å². The zero-order chi connectivity index (χ0) is 18.5. The van der Waals surface area contributed by atoms with E-state index in [9.17, 15) is 9.59 Å². The number of ether oxygens (including phenoxy) is 4. The number of nitrogens with zero attached hydrogens (tertiary/aromatic N) is 1. The van der Waals surface area contributed by atoms with Crippen molar-refractivity contribution in [2.45, 2.75) is 50.7 Å².